The highest BCUT2D eigenvalue weighted by atomic mass is 79.9. The van der Waals surface area contributed by atoms with Crippen LogP contribution in [0.15, 0.2) is 77.3 Å². The van der Waals surface area contributed by atoms with Crippen molar-refractivity contribution < 1.29 is 19.8 Å². The summed E-state index contributed by atoms with van der Waals surface area (Å²) in [4.78, 5) is 25.6. The second kappa shape index (κ2) is 8.85. The SMILES string of the molecule is O=C(CC(CC(=O)c1ccccc1O)c1ccccc1Br)c1ccccc1O. The summed E-state index contributed by atoms with van der Waals surface area (Å²) in [6.07, 6.45) is 0.110. The van der Waals surface area contributed by atoms with Crippen LogP contribution in [-0.2, 0) is 0 Å². The minimum absolute atomic E-state index is 0.0551. The van der Waals surface area contributed by atoms with Crippen LogP contribution < -0.4 is 0 Å². The summed E-state index contributed by atoms with van der Waals surface area (Å²) in [5.41, 5.74) is 1.29. The molecule has 3 aromatic rings. The van der Waals surface area contributed by atoms with Gasteiger partial charge in [0, 0.05) is 17.3 Å². The van der Waals surface area contributed by atoms with Crippen LogP contribution in [0.3, 0.4) is 0 Å². The predicted molar refractivity (Wildman–Crippen MR) is 111 cm³/mol. The lowest BCUT2D eigenvalue weighted by Gasteiger charge is -2.18. The molecule has 142 valence electrons. The van der Waals surface area contributed by atoms with Gasteiger partial charge in [0.1, 0.15) is 11.5 Å². The van der Waals surface area contributed by atoms with E-state index in [0.717, 1.165) is 10.0 Å². The number of hydrogen-bond acceptors (Lipinski definition) is 4. The number of Topliss-reactive ketones (excluding diaryl/α,β-unsaturated/α-hetero) is 2. The molecule has 3 aromatic carbocycles. The molecule has 5 heteroatoms. The summed E-state index contributed by atoms with van der Waals surface area (Å²) in [6, 6.07) is 20.2. The third-order valence-corrected chi connectivity index (χ3v) is 5.34. The largest absolute Gasteiger partial charge is 0.507 e. The topological polar surface area (TPSA) is 74.6 Å². The second-order valence-corrected chi connectivity index (χ2v) is 7.36. The fourth-order valence-electron chi connectivity index (χ4n) is 3.18. The molecule has 3 rings (SSSR count). The number of phenolic OH excluding ortho intramolecular Hbond substituents is 2. The van der Waals surface area contributed by atoms with Crippen LogP contribution in [0.2, 0.25) is 0 Å². The molecule has 0 fully saturated rings. The van der Waals surface area contributed by atoms with Gasteiger partial charge in [-0.1, -0.05) is 58.4 Å². The van der Waals surface area contributed by atoms with Gasteiger partial charge in [0.25, 0.3) is 0 Å². The number of carbonyl (C=O) groups is 2. The molecule has 0 saturated heterocycles. The molecule has 0 aliphatic rings. The van der Waals surface area contributed by atoms with E-state index < -0.39 is 5.92 Å². The average molecular weight is 439 g/mol. The van der Waals surface area contributed by atoms with Crippen molar-refractivity contribution in [1.29, 1.82) is 0 Å². The van der Waals surface area contributed by atoms with Gasteiger partial charge >= 0.3 is 0 Å². The zero-order valence-corrected chi connectivity index (χ0v) is 16.6. The second-order valence-electron chi connectivity index (χ2n) is 6.51. The van der Waals surface area contributed by atoms with Gasteiger partial charge in [-0.05, 0) is 41.8 Å². The number of aromatic hydroxyl groups is 2. The fraction of sp³-hybridized carbons (Fsp3) is 0.130. The molecule has 4 nitrogen and oxygen atoms in total. The molecule has 0 aliphatic heterocycles. The Morgan fingerprint density at radius 3 is 1.61 bits per heavy atom. The monoisotopic (exact) mass is 438 g/mol. The van der Waals surface area contributed by atoms with Crippen LogP contribution in [0.5, 0.6) is 11.5 Å². The Hall–Kier alpha value is -2.92. The lowest BCUT2D eigenvalue weighted by molar-refractivity contribution is 0.0942. The average Bonchev–Trinajstić information content (AvgIpc) is 2.68. The van der Waals surface area contributed by atoms with E-state index in [1.807, 2.05) is 24.3 Å². The number of para-hydroxylation sites is 2. The highest BCUT2D eigenvalue weighted by Gasteiger charge is 2.24. The molecule has 0 atom stereocenters. The zero-order valence-electron chi connectivity index (χ0n) is 15.0. The van der Waals surface area contributed by atoms with E-state index in [-0.39, 0.29) is 47.0 Å². The molecule has 0 spiro atoms. The van der Waals surface area contributed by atoms with Crippen molar-refractivity contribution in [3.63, 3.8) is 0 Å². The van der Waals surface area contributed by atoms with Crippen molar-refractivity contribution in [3.05, 3.63) is 94.0 Å². The van der Waals surface area contributed by atoms with E-state index in [1.54, 1.807) is 36.4 Å². The first-order valence-corrected chi connectivity index (χ1v) is 9.63. The van der Waals surface area contributed by atoms with E-state index in [1.165, 1.54) is 12.1 Å². The quantitative estimate of drug-likeness (QED) is 0.478. The third kappa shape index (κ3) is 4.49. The molecule has 0 amide bonds. The van der Waals surface area contributed by atoms with Gasteiger partial charge in [0.2, 0.25) is 0 Å². The van der Waals surface area contributed by atoms with Crippen LogP contribution in [0.25, 0.3) is 0 Å². The number of halogens is 1. The minimum Gasteiger partial charge on any atom is -0.507 e. The predicted octanol–water partition coefficient (Wildman–Crippen LogP) is 5.49. The number of hydrogen-bond donors (Lipinski definition) is 2. The maximum Gasteiger partial charge on any atom is 0.167 e. The number of rotatable bonds is 7. The van der Waals surface area contributed by atoms with Gasteiger partial charge in [0.05, 0.1) is 11.1 Å². The summed E-state index contributed by atoms with van der Waals surface area (Å²) in [5.74, 6) is -1.06. The summed E-state index contributed by atoms with van der Waals surface area (Å²) >= 11 is 3.50. The highest BCUT2D eigenvalue weighted by molar-refractivity contribution is 9.10. The molecule has 0 radical (unpaired) electrons. The van der Waals surface area contributed by atoms with Crippen molar-refractivity contribution in [3.8, 4) is 11.5 Å². The van der Waals surface area contributed by atoms with Crippen LogP contribution in [-0.4, -0.2) is 21.8 Å². The van der Waals surface area contributed by atoms with Crippen LogP contribution in [0.1, 0.15) is 45.0 Å². The standard InChI is InChI=1S/C23H19BrO4/c24-19-10-4-1-7-16(19)15(13-22(27)17-8-2-5-11-20(17)25)14-23(28)18-9-3-6-12-21(18)26/h1-12,15,25-26H,13-14H2. The molecule has 0 heterocycles. The third-order valence-electron chi connectivity index (χ3n) is 4.62. The van der Waals surface area contributed by atoms with Crippen molar-refractivity contribution in [2.75, 3.05) is 0 Å². The van der Waals surface area contributed by atoms with E-state index >= 15 is 0 Å². The Bertz CT molecular complexity index is 953. The Morgan fingerprint density at radius 2 is 1.14 bits per heavy atom. The van der Waals surface area contributed by atoms with Crippen molar-refractivity contribution in [1.82, 2.24) is 0 Å². The van der Waals surface area contributed by atoms with E-state index in [4.69, 9.17) is 0 Å². The smallest absolute Gasteiger partial charge is 0.167 e. The van der Waals surface area contributed by atoms with Crippen molar-refractivity contribution >= 4 is 27.5 Å². The van der Waals surface area contributed by atoms with E-state index in [9.17, 15) is 19.8 Å². The van der Waals surface area contributed by atoms with E-state index in [2.05, 4.69) is 15.9 Å². The minimum atomic E-state index is -0.408. The van der Waals surface area contributed by atoms with E-state index in [0.29, 0.717) is 0 Å². The Balaban J connectivity index is 1.91. The molecule has 0 bridgehead atoms. The van der Waals surface area contributed by atoms with Crippen molar-refractivity contribution in [2.45, 2.75) is 18.8 Å². The number of ketones is 2. The summed E-state index contributed by atoms with van der Waals surface area (Å²) in [5, 5.41) is 20.0. The molecule has 0 aromatic heterocycles. The molecule has 0 saturated carbocycles. The number of phenols is 2. The molecular formula is C23H19BrO4. The summed E-state index contributed by atoms with van der Waals surface area (Å²) < 4.78 is 0.801. The molecular weight excluding hydrogens is 420 g/mol. The van der Waals surface area contributed by atoms with Gasteiger partial charge in [-0.25, -0.2) is 0 Å². The molecule has 28 heavy (non-hydrogen) atoms. The fourth-order valence-corrected chi connectivity index (χ4v) is 3.79. The van der Waals surface area contributed by atoms with Crippen LogP contribution in [0.4, 0.5) is 0 Å². The van der Waals surface area contributed by atoms with Gasteiger partial charge < -0.3 is 10.2 Å². The first-order chi connectivity index (χ1) is 13.5. The first-order valence-electron chi connectivity index (χ1n) is 8.84. The van der Waals surface area contributed by atoms with Gasteiger partial charge in [-0.3, -0.25) is 9.59 Å². The Morgan fingerprint density at radius 1 is 0.714 bits per heavy atom. The zero-order chi connectivity index (χ0) is 20.1. The number of benzene rings is 3. The van der Waals surface area contributed by atoms with Crippen LogP contribution >= 0.6 is 15.9 Å². The van der Waals surface area contributed by atoms with Crippen molar-refractivity contribution in [2.24, 2.45) is 0 Å². The Kier molecular flexibility index (Phi) is 6.26. The van der Waals surface area contributed by atoms with Gasteiger partial charge in [0.15, 0.2) is 11.6 Å². The summed E-state index contributed by atoms with van der Waals surface area (Å²) in [7, 11) is 0. The normalized spacial score (nSPS) is 10.8. The van der Waals surface area contributed by atoms with Gasteiger partial charge in [-0.15, -0.1) is 0 Å². The number of carbonyl (C=O) groups excluding carboxylic acids is 2. The first kappa shape index (κ1) is 19.8. The lowest BCUT2D eigenvalue weighted by Crippen LogP contribution is -2.13. The summed E-state index contributed by atoms with van der Waals surface area (Å²) in [6.45, 7) is 0. The van der Waals surface area contributed by atoms with Crippen LogP contribution in [0, 0.1) is 0 Å². The molecule has 0 unspecified atom stereocenters. The maximum absolute atomic E-state index is 12.8. The lowest BCUT2D eigenvalue weighted by atomic mass is 9.86. The highest BCUT2D eigenvalue weighted by Crippen LogP contribution is 2.34. The maximum atomic E-state index is 12.8. The molecule has 2 N–H and O–H groups in total. The Labute approximate surface area is 171 Å². The van der Waals surface area contributed by atoms with Gasteiger partial charge in [-0.2, -0.15) is 0 Å². The molecule has 0 aliphatic carbocycles.